The van der Waals surface area contributed by atoms with Gasteiger partial charge >= 0.3 is 0 Å². The van der Waals surface area contributed by atoms with Gasteiger partial charge in [-0.1, -0.05) is 19.9 Å². The molecule has 2 aromatic carbocycles. The van der Waals surface area contributed by atoms with Crippen LogP contribution in [0.1, 0.15) is 51.3 Å². The van der Waals surface area contributed by atoms with Gasteiger partial charge < -0.3 is 19.5 Å². The quantitative estimate of drug-likeness (QED) is 0.150. The van der Waals surface area contributed by atoms with Gasteiger partial charge in [0.25, 0.3) is 0 Å². The SMILES string of the molecule is C=CC(=O)N(C(C)C)[C@H](CCC)CCc1ccc2ncnc(Nc3cc(C)c(Oc4ccc5c(c4)ncn5C)cc3F)c2n1. The number of aromatic nitrogens is 5. The first-order chi connectivity index (χ1) is 21.2. The fraction of sp³-hybridized carbons (Fsp3) is 0.324. The Morgan fingerprint density at radius 1 is 1.11 bits per heavy atom. The van der Waals surface area contributed by atoms with Crippen LogP contribution < -0.4 is 10.1 Å². The molecule has 0 saturated heterocycles. The van der Waals surface area contributed by atoms with Gasteiger partial charge in [-0.3, -0.25) is 4.79 Å². The number of benzene rings is 2. The summed E-state index contributed by atoms with van der Waals surface area (Å²) in [5.41, 5.74) is 4.80. The minimum absolute atomic E-state index is 0.0607. The van der Waals surface area contributed by atoms with E-state index in [9.17, 15) is 4.79 Å². The highest BCUT2D eigenvalue weighted by atomic mass is 19.1. The molecular formula is C34H38FN7O2. The fourth-order valence-electron chi connectivity index (χ4n) is 5.55. The van der Waals surface area contributed by atoms with Gasteiger partial charge in [0.15, 0.2) is 5.82 Å². The van der Waals surface area contributed by atoms with E-state index in [4.69, 9.17) is 9.72 Å². The van der Waals surface area contributed by atoms with Gasteiger partial charge in [0.1, 0.15) is 29.2 Å². The second kappa shape index (κ2) is 13.2. The van der Waals surface area contributed by atoms with E-state index in [1.165, 1.54) is 18.5 Å². The van der Waals surface area contributed by atoms with Crippen LogP contribution in [-0.4, -0.2) is 47.4 Å². The molecule has 0 aliphatic heterocycles. The number of pyridine rings is 1. The molecule has 0 unspecified atom stereocenters. The zero-order valence-corrected chi connectivity index (χ0v) is 25.8. The van der Waals surface area contributed by atoms with Gasteiger partial charge in [0.05, 0.1) is 28.6 Å². The predicted molar refractivity (Wildman–Crippen MR) is 172 cm³/mol. The largest absolute Gasteiger partial charge is 0.457 e. The summed E-state index contributed by atoms with van der Waals surface area (Å²) in [6.07, 6.45) is 7.81. The van der Waals surface area contributed by atoms with Crippen LogP contribution >= 0.6 is 0 Å². The predicted octanol–water partition coefficient (Wildman–Crippen LogP) is 7.42. The lowest BCUT2D eigenvalue weighted by molar-refractivity contribution is -0.130. The summed E-state index contributed by atoms with van der Waals surface area (Å²) in [4.78, 5) is 32.5. The lowest BCUT2D eigenvalue weighted by Gasteiger charge is -2.34. The fourth-order valence-corrected chi connectivity index (χ4v) is 5.55. The highest BCUT2D eigenvalue weighted by Crippen LogP contribution is 2.33. The Kier molecular flexibility index (Phi) is 9.18. The monoisotopic (exact) mass is 595 g/mol. The topological polar surface area (TPSA) is 98.1 Å². The van der Waals surface area contributed by atoms with Crippen LogP contribution in [0.2, 0.25) is 0 Å². The number of halogens is 1. The van der Waals surface area contributed by atoms with Gasteiger partial charge in [-0.25, -0.2) is 24.3 Å². The molecule has 1 atom stereocenters. The maximum absolute atomic E-state index is 15.4. The van der Waals surface area contributed by atoms with E-state index in [1.54, 1.807) is 12.4 Å². The number of hydrogen-bond acceptors (Lipinski definition) is 7. The number of hydrogen-bond donors (Lipinski definition) is 1. The molecule has 0 saturated carbocycles. The van der Waals surface area contributed by atoms with Crippen LogP contribution in [0, 0.1) is 12.7 Å². The third kappa shape index (κ3) is 6.54. The van der Waals surface area contributed by atoms with Crippen LogP contribution in [0.25, 0.3) is 22.1 Å². The van der Waals surface area contributed by atoms with E-state index < -0.39 is 5.82 Å². The van der Waals surface area contributed by atoms with E-state index in [1.807, 2.05) is 67.6 Å². The van der Waals surface area contributed by atoms with E-state index in [-0.39, 0.29) is 23.7 Å². The Hall–Kier alpha value is -4.86. The summed E-state index contributed by atoms with van der Waals surface area (Å²) in [6.45, 7) is 11.7. The van der Waals surface area contributed by atoms with Gasteiger partial charge in [0.2, 0.25) is 5.91 Å². The Labute approximate surface area is 256 Å². The minimum atomic E-state index is -0.490. The summed E-state index contributed by atoms with van der Waals surface area (Å²) in [7, 11) is 1.93. The second-order valence-corrected chi connectivity index (χ2v) is 11.2. The molecule has 5 aromatic rings. The molecule has 1 N–H and O–H groups in total. The number of anilines is 2. The molecule has 9 nitrogen and oxygen atoms in total. The van der Waals surface area contributed by atoms with Crippen LogP contribution in [0.15, 0.2) is 67.8 Å². The number of nitrogens with zero attached hydrogens (tertiary/aromatic N) is 6. The van der Waals surface area contributed by atoms with Crippen molar-refractivity contribution < 1.29 is 13.9 Å². The third-order valence-corrected chi connectivity index (χ3v) is 7.72. The number of ether oxygens (including phenoxy) is 1. The summed E-state index contributed by atoms with van der Waals surface area (Å²) in [6, 6.07) is 12.6. The molecule has 0 aliphatic rings. The van der Waals surface area contributed by atoms with E-state index >= 15 is 4.39 Å². The Bertz CT molecular complexity index is 1820. The number of imidazole rings is 1. The molecule has 5 rings (SSSR count). The Morgan fingerprint density at radius 2 is 1.93 bits per heavy atom. The normalized spacial score (nSPS) is 12.1. The van der Waals surface area contributed by atoms with Crippen molar-refractivity contribution in [2.24, 2.45) is 7.05 Å². The van der Waals surface area contributed by atoms with Gasteiger partial charge in [-0.05, 0) is 82.0 Å². The van der Waals surface area contributed by atoms with E-state index in [0.717, 1.165) is 41.6 Å². The van der Waals surface area contributed by atoms with Crippen LogP contribution in [0.5, 0.6) is 11.5 Å². The molecule has 3 heterocycles. The lowest BCUT2D eigenvalue weighted by atomic mass is 10.0. The number of nitrogens with one attached hydrogen (secondary N) is 1. The highest BCUT2D eigenvalue weighted by Gasteiger charge is 2.24. The average molecular weight is 596 g/mol. The van der Waals surface area contributed by atoms with Gasteiger partial charge in [0, 0.05) is 37.0 Å². The Morgan fingerprint density at radius 3 is 2.68 bits per heavy atom. The molecule has 44 heavy (non-hydrogen) atoms. The van der Waals surface area contributed by atoms with Crippen molar-refractivity contribution >= 4 is 39.5 Å². The number of amides is 1. The van der Waals surface area contributed by atoms with Crippen LogP contribution in [0.3, 0.4) is 0 Å². The highest BCUT2D eigenvalue weighted by molar-refractivity contribution is 5.88. The molecular weight excluding hydrogens is 557 g/mol. The van der Waals surface area contributed by atoms with Crippen LogP contribution in [-0.2, 0) is 18.3 Å². The number of aryl methyl sites for hydroxylation is 3. The van der Waals surface area contributed by atoms with Gasteiger partial charge in [-0.15, -0.1) is 0 Å². The first kappa shape index (κ1) is 30.6. The van der Waals surface area contributed by atoms with Crippen LogP contribution in [0.4, 0.5) is 15.9 Å². The maximum atomic E-state index is 15.4. The van der Waals surface area contributed by atoms with Crippen molar-refractivity contribution in [3.05, 3.63) is 84.8 Å². The molecule has 0 spiro atoms. The lowest BCUT2D eigenvalue weighted by Crippen LogP contribution is -2.44. The minimum Gasteiger partial charge on any atom is -0.457 e. The first-order valence-corrected chi connectivity index (χ1v) is 14.9. The Balaban J connectivity index is 1.36. The average Bonchev–Trinajstić information content (AvgIpc) is 3.37. The maximum Gasteiger partial charge on any atom is 0.246 e. The molecule has 3 aromatic heterocycles. The molecule has 0 radical (unpaired) electrons. The number of rotatable bonds is 12. The van der Waals surface area contributed by atoms with Gasteiger partial charge in [-0.2, -0.15) is 0 Å². The molecule has 0 fully saturated rings. The van der Waals surface area contributed by atoms with Crippen molar-refractivity contribution in [3.63, 3.8) is 0 Å². The zero-order valence-electron chi connectivity index (χ0n) is 25.8. The van der Waals surface area contributed by atoms with Crippen molar-refractivity contribution in [1.29, 1.82) is 0 Å². The van der Waals surface area contributed by atoms with E-state index in [0.29, 0.717) is 34.8 Å². The summed E-state index contributed by atoms with van der Waals surface area (Å²) in [5, 5.41) is 3.12. The van der Waals surface area contributed by atoms with Crippen molar-refractivity contribution in [3.8, 4) is 11.5 Å². The zero-order chi connectivity index (χ0) is 31.4. The van der Waals surface area contributed by atoms with Crippen molar-refractivity contribution in [2.45, 2.75) is 65.5 Å². The molecule has 0 aliphatic carbocycles. The number of carbonyl (C=O) groups excluding carboxylic acids is 1. The number of fused-ring (bicyclic) bond motifs is 2. The smallest absolute Gasteiger partial charge is 0.246 e. The van der Waals surface area contributed by atoms with E-state index in [2.05, 4.69) is 33.8 Å². The summed E-state index contributed by atoms with van der Waals surface area (Å²) in [5.74, 6) is 0.830. The third-order valence-electron chi connectivity index (χ3n) is 7.72. The molecule has 228 valence electrons. The standard InChI is InChI=1S/C34H38FN7O2/c1-7-9-24(42(21(3)4)32(43)8-2)12-10-23-11-14-27-33(39-23)34(37-19-36-27)40-28-16-22(5)31(18-26(28)35)44-25-13-15-30-29(17-25)38-20-41(30)6/h8,11,13-21,24H,2,7,9-10,12H2,1,3-6H3,(H,36,37,40)/t24-/m1/s1. The number of carbonyl (C=O) groups is 1. The molecule has 10 heteroatoms. The van der Waals surface area contributed by atoms with Crippen molar-refractivity contribution in [1.82, 2.24) is 29.4 Å². The second-order valence-electron chi connectivity index (χ2n) is 11.2. The molecule has 1 amide bonds. The summed E-state index contributed by atoms with van der Waals surface area (Å²) < 4.78 is 23.4. The first-order valence-electron chi connectivity index (χ1n) is 14.9. The molecule has 0 bridgehead atoms. The summed E-state index contributed by atoms with van der Waals surface area (Å²) >= 11 is 0. The van der Waals surface area contributed by atoms with Crippen molar-refractivity contribution in [2.75, 3.05) is 5.32 Å².